The number of benzene rings is 10. The number of aromatic nitrogens is 1. The quantitative estimate of drug-likeness (QED) is 0.0915. The van der Waals surface area contributed by atoms with Gasteiger partial charge in [0.1, 0.15) is 0 Å². The smallest absolute Gasteiger partial charge is 0.0634 e. The van der Waals surface area contributed by atoms with Crippen LogP contribution in [-0.4, -0.2) is 4.57 Å². The number of fused-ring (bicyclic) bond motifs is 6. The zero-order valence-corrected chi connectivity index (χ0v) is 33.4. The van der Waals surface area contributed by atoms with Gasteiger partial charge in [0.2, 0.25) is 0 Å². The van der Waals surface area contributed by atoms with Crippen LogP contribution in [0.15, 0.2) is 224 Å². The van der Waals surface area contributed by atoms with E-state index in [1.54, 1.807) is 0 Å². The third kappa shape index (κ3) is 6.19. The van der Waals surface area contributed by atoms with Crippen molar-refractivity contribution in [2.45, 2.75) is 0 Å². The summed E-state index contributed by atoms with van der Waals surface area (Å²) in [6.07, 6.45) is 0. The zero-order chi connectivity index (χ0) is 40.9. The van der Waals surface area contributed by atoms with E-state index in [4.69, 9.17) is 11.5 Å². The van der Waals surface area contributed by atoms with Crippen LogP contribution in [0.2, 0.25) is 0 Å². The van der Waals surface area contributed by atoms with Gasteiger partial charge in [-0.25, -0.2) is 0 Å². The Hall–Kier alpha value is -8.28. The molecule has 0 radical (unpaired) electrons. The van der Waals surface area contributed by atoms with E-state index in [1.807, 2.05) is 6.07 Å². The second-order valence-electron chi connectivity index (χ2n) is 15.4. The molecule has 0 saturated heterocycles. The summed E-state index contributed by atoms with van der Waals surface area (Å²) in [6, 6.07) is 79.6. The second kappa shape index (κ2) is 14.8. The van der Waals surface area contributed by atoms with E-state index in [2.05, 4.69) is 233 Å². The molecule has 0 aliphatic heterocycles. The van der Waals surface area contributed by atoms with Gasteiger partial charge in [0.15, 0.2) is 0 Å². The van der Waals surface area contributed by atoms with Crippen molar-refractivity contribution in [2.75, 3.05) is 21.3 Å². The molecule has 1 aromatic heterocycles. The van der Waals surface area contributed by atoms with E-state index >= 15 is 0 Å². The summed E-state index contributed by atoms with van der Waals surface area (Å²) in [5, 5.41) is 6.28. The Morgan fingerprint density at radius 2 is 0.672 bits per heavy atom. The maximum Gasteiger partial charge on any atom is 0.0634 e. The minimum atomic E-state index is 0.599. The molecule has 10 aromatic carbocycles. The Kier molecular flexibility index (Phi) is 8.72. The number of rotatable bonds is 8. The van der Waals surface area contributed by atoms with Crippen molar-refractivity contribution in [3.8, 4) is 16.8 Å². The molecule has 11 rings (SSSR count). The summed E-state index contributed by atoms with van der Waals surface area (Å²) < 4.78 is 2.39. The Balaban J connectivity index is 1.18. The molecule has 0 spiro atoms. The second-order valence-corrected chi connectivity index (χ2v) is 15.4. The Morgan fingerprint density at radius 1 is 0.279 bits per heavy atom. The topological polar surface area (TPSA) is 63.5 Å². The molecule has 0 bridgehead atoms. The predicted octanol–water partition coefficient (Wildman–Crippen LogP) is 14.9. The van der Waals surface area contributed by atoms with Gasteiger partial charge in [-0.3, -0.25) is 0 Å². The minimum Gasteiger partial charge on any atom is -0.397 e. The fourth-order valence-electron chi connectivity index (χ4n) is 8.99. The van der Waals surface area contributed by atoms with Crippen LogP contribution in [0.1, 0.15) is 0 Å². The van der Waals surface area contributed by atoms with Gasteiger partial charge in [-0.2, -0.15) is 0 Å². The van der Waals surface area contributed by atoms with Gasteiger partial charge >= 0.3 is 0 Å². The Labute approximate surface area is 354 Å². The maximum absolute atomic E-state index is 6.82. The summed E-state index contributed by atoms with van der Waals surface area (Å²) in [5.74, 6) is 0. The lowest BCUT2D eigenvalue weighted by Gasteiger charge is -2.26. The van der Waals surface area contributed by atoms with Crippen molar-refractivity contribution in [3.05, 3.63) is 224 Å². The highest BCUT2D eigenvalue weighted by molar-refractivity contribution is 6.20. The molecule has 0 aliphatic carbocycles. The van der Waals surface area contributed by atoms with Crippen LogP contribution in [-0.2, 0) is 0 Å². The lowest BCUT2D eigenvalue weighted by molar-refractivity contribution is 1.18. The summed E-state index contributed by atoms with van der Waals surface area (Å²) in [6.45, 7) is 0. The van der Waals surface area contributed by atoms with Gasteiger partial charge < -0.3 is 25.8 Å². The highest BCUT2D eigenvalue weighted by atomic mass is 15.1. The van der Waals surface area contributed by atoms with Crippen LogP contribution in [0.4, 0.5) is 45.5 Å². The van der Waals surface area contributed by atoms with Gasteiger partial charge in [0.05, 0.1) is 22.4 Å². The van der Waals surface area contributed by atoms with E-state index < -0.39 is 0 Å². The third-order valence-electron chi connectivity index (χ3n) is 11.9. The first kappa shape index (κ1) is 35.8. The fraction of sp³-hybridized carbons (Fsp3) is 0. The van der Waals surface area contributed by atoms with Gasteiger partial charge in [-0.15, -0.1) is 0 Å². The van der Waals surface area contributed by atoms with Crippen molar-refractivity contribution >= 4 is 88.8 Å². The number of nitrogens with zero attached hydrogens (tertiary/aromatic N) is 3. The lowest BCUT2D eigenvalue weighted by atomic mass is 9.94. The molecule has 0 unspecified atom stereocenters. The first-order valence-electron chi connectivity index (χ1n) is 20.6. The summed E-state index contributed by atoms with van der Waals surface area (Å²) >= 11 is 0. The van der Waals surface area contributed by atoms with E-state index in [9.17, 15) is 0 Å². The lowest BCUT2D eigenvalue weighted by Crippen LogP contribution is -2.09. The summed E-state index contributed by atoms with van der Waals surface area (Å²) in [5.41, 5.74) is 26.8. The van der Waals surface area contributed by atoms with Crippen LogP contribution < -0.4 is 21.3 Å². The van der Waals surface area contributed by atoms with Crippen molar-refractivity contribution in [3.63, 3.8) is 0 Å². The monoisotopic (exact) mass is 783 g/mol. The molecule has 0 amide bonds. The molecule has 0 fully saturated rings. The summed E-state index contributed by atoms with van der Waals surface area (Å²) in [7, 11) is 0. The van der Waals surface area contributed by atoms with Gasteiger partial charge in [-0.05, 0) is 125 Å². The van der Waals surface area contributed by atoms with Crippen LogP contribution in [0.25, 0.3) is 60.2 Å². The number of nitrogens with two attached hydrogens (primary N) is 2. The van der Waals surface area contributed by atoms with E-state index in [0.717, 1.165) is 94.3 Å². The first-order chi connectivity index (χ1) is 30.1. The van der Waals surface area contributed by atoms with Crippen molar-refractivity contribution in [2.24, 2.45) is 0 Å². The molecule has 5 nitrogen and oxygen atoms in total. The molecular formula is C56H41N5. The molecule has 4 N–H and O–H groups in total. The molecule has 11 aromatic rings. The highest BCUT2D eigenvalue weighted by Crippen LogP contribution is 2.44. The Morgan fingerprint density at radius 3 is 1.11 bits per heavy atom. The summed E-state index contributed by atoms with van der Waals surface area (Å²) in [4.78, 5) is 4.65. The fourth-order valence-corrected chi connectivity index (χ4v) is 8.99. The standard InChI is InChI=1S/C56H41N5/c57-55-47-30-26-39(38-16-6-1-7-17-38)34-49(47)50-35-46(27-31-48(50)56(55)58)61-53-32-28-44(59(40-18-8-2-9-19-40)41-20-10-3-11-21-41)36-51(53)52-37-45(29-33-54(52)61)60(42-22-12-4-13-23-42)43-24-14-5-15-25-43/h1-37H,57-58H2. The van der Waals surface area contributed by atoms with Crippen molar-refractivity contribution in [1.29, 1.82) is 0 Å². The number of hydrogen-bond acceptors (Lipinski definition) is 4. The van der Waals surface area contributed by atoms with Crippen molar-refractivity contribution < 1.29 is 0 Å². The molecule has 5 heteroatoms. The SMILES string of the molecule is Nc1c(N)c2ccc(-n3c4ccc(N(c5ccccc5)c5ccccc5)cc4c4cc(N(c5ccccc5)c5ccccc5)ccc43)cc2c2cc(-c3ccccc3)ccc12. The molecule has 61 heavy (non-hydrogen) atoms. The largest absolute Gasteiger partial charge is 0.397 e. The molecule has 290 valence electrons. The average Bonchev–Trinajstić information content (AvgIpc) is 3.65. The Bertz CT molecular complexity index is 3150. The maximum atomic E-state index is 6.82. The molecule has 0 atom stereocenters. The van der Waals surface area contributed by atoms with Crippen LogP contribution >= 0.6 is 0 Å². The van der Waals surface area contributed by atoms with Crippen LogP contribution in [0.3, 0.4) is 0 Å². The van der Waals surface area contributed by atoms with Crippen LogP contribution in [0, 0.1) is 0 Å². The van der Waals surface area contributed by atoms with Crippen LogP contribution in [0.5, 0.6) is 0 Å². The molecular weight excluding hydrogens is 743 g/mol. The zero-order valence-electron chi connectivity index (χ0n) is 33.4. The average molecular weight is 784 g/mol. The third-order valence-corrected chi connectivity index (χ3v) is 11.9. The molecule has 1 heterocycles. The normalized spacial score (nSPS) is 11.4. The number of nitrogen functional groups attached to an aromatic ring is 2. The van der Waals surface area contributed by atoms with E-state index in [1.165, 1.54) is 0 Å². The molecule has 0 aliphatic rings. The molecule has 0 saturated carbocycles. The number of hydrogen-bond donors (Lipinski definition) is 2. The minimum absolute atomic E-state index is 0.599. The number of anilines is 8. The first-order valence-corrected chi connectivity index (χ1v) is 20.6. The highest BCUT2D eigenvalue weighted by Gasteiger charge is 2.21. The van der Waals surface area contributed by atoms with Gasteiger partial charge in [-0.1, -0.05) is 121 Å². The predicted molar refractivity (Wildman–Crippen MR) is 259 cm³/mol. The van der Waals surface area contributed by atoms with Gasteiger partial charge in [0, 0.05) is 61.4 Å². The number of para-hydroxylation sites is 4. The van der Waals surface area contributed by atoms with E-state index in [-0.39, 0.29) is 0 Å². The van der Waals surface area contributed by atoms with Gasteiger partial charge in [0.25, 0.3) is 0 Å². The van der Waals surface area contributed by atoms with E-state index in [0.29, 0.717) is 11.4 Å². The van der Waals surface area contributed by atoms with Crippen molar-refractivity contribution in [1.82, 2.24) is 4.57 Å².